The Bertz CT molecular complexity index is 599. The molecule has 136 valence electrons. The lowest BCUT2D eigenvalue weighted by atomic mass is 10.0. The number of hydrogen-bond acceptors (Lipinski definition) is 3. The van der Waals surface area contributed by atoms with E-state index >= 15 is 0 Å². The summed E-state index contributed by atoms with van der Waals surface area (Å²) in [5.74, 6) is 0.917. The second kappa shape index (κ2) is 9.88. The van der Waals surface area contributed by atoms with Gasteiger partial charge in [-0.3, -0.25) is 0 Å². The Hall–Kier alpha value is -1.45. The lowest BCUT2D eigenvalue weighted by molar-refractivity contribution is 0.306. The third-order valence-electron chi connectivity index (χ3n) is 5.08. The van der Waals surface area contributed by atoms with Gasteiger partial charge in [0.25, 0.3) is 0 Å². The average Bonchev–Trinajstić information content (AvgIpc) is 2.69. The zero-order valence-corrected chi connectivity index (χ0v) is 16.7. The fourth-order valence-electron chi connectivity index (χ4n) is 2.91. The highest BCUT2D eigenvalue weighted by Gasteiger charge is 2.25. The van der Waals surface area contributed by atoms with E-state index in [1.54, 1.807) is 0 Å². The van der Waals surface area contributed by atoms with Gasteiger partial charge in [0.15, 0.2) is 0 Å². The van der Waals surface area contributed by atoms with Crippen molar-refractivity contribution in [1.29, 1.82) is 0 Å². The molecule has 1 unspecified atom stereocenters. The van der Waals surface area contributed by atoms with Crippen LogP contribution in [0.25, 0.3) is 0 Å². The Labute approximate surface area is 157 Å². The fourth-order valence-corrected chi connectivity index (χ4v) is 3.72. The Kier molecular flexibility index (Phi) is 7.86. The number of thioether (sulfide) groups is 1. The molecule has 1 N–H and O–H groups in total. The van der Waals surface area contributed by atoms with Crippen LogP contribution in [0.4, 0.5) is 0 Å². The van der Waals surface area contributed by atoms with Gasteiger partial charge in [-0.25, -0.2) is 0 Å². The number of nitrogens with one attached hydrogen (secondary N) is 1. The van der Waals surface area contributed by atoms with Crippen LogP contribution in [0.15, 0.2) is 54.6 Å². The molecule has 0 aliphatic carbocycles. The molecule has 0 spiro atoms. The van der Waals surface area contributed by atoms with Crippen molar-refractivity contribution in [2.24, 2.45) is 0 Å². The topological polar surface area (TPSA) is 21.3 Å². The molecule has 2 rings (SSSR count). The minimum Gasteiger partial charge on any atom is -0.489 e. The van der Waals surface area contributed by atoms with E-state index in [0.717, 1.165) is 12.3 Å². The van der Waals surface area contributed by atoms with Gasteiger partial charge < -0.3 is 10.1 Å². The van der Waals surface area contributed by atoms with Crippen molar-refractivity contribution < 1.29 is 4.74 Å². The van der Waals surface area contributed by atoms with Gasteiger partial charge in [0.2, 0.25) is 0 Å². The predicted molar refractivity (Wildman–Crippen MR) is 110 cm³/mol. The summed E-state index contributed by atoms with van der Waals surface area (Å²) in [6.45, 7) is 8.44. The summed E-state index contributed by atoms with van der Waals surface area (Å²) in [5, 5.41) is 3.71. The monoisotopic (exact) mass is 357 g/mol. The second-order valence-electron chi connectivity index (χ2n) is 6.54. The van der Waals surface area contributed by atoms with Crippen molar-refractivity contribution in [1.82, 2.24) is 5.32 Å². The largest absolute Gasteiger partial charge is 0.489 e. The van der Waals surface area contributed by atoms with Crippen LogP contribution < -0.4 is 10.1 Å². The van der Waals surface area contributed by atoms with Crippen LogP contribution in [0.3, 0.4) is 0 Å². The van der Waals surface area contributed by atoms with Crippen molar-refractivity contribution >= 4 is 11.8 Å². The summed E-state index contributed by atoms with van der Waals surface area (Å²) in [7, 11) is 0. The molecule has 1 atom stereocenters. The fraction of sp³-hybridized carbons (Fsp3) is 0.455. The molecule has 0 heterocycles. The van der Waals surface area contributed by atoms with Crippen molar-refractivity contribution in [2.75, 3.05) is 12.8 Å². The lowest BCUT2D eigenvalue weighted by Gasteiger charge is -2.31. The van der Waals surface area contributed by atoms with E-state index in [4.69, 9.17) is 4.74 Å². The van der Waals surface area contributed by atoms with E-state index in [0.29, 0.717) is 17.4 Å². The maximum Gasteiger partial charge on any atom is 0.119 e. The van der Waals surface area contributed by atoms with Gasteiger partial charge in [-0.05, 0) is 49.3 Å². The average molecular weight is 358 g/mol. The number of benzene rings is 2. The summed E-state index contributed by atoms with van der Waals surface area (Å²) in [4.78, 5) is 0. The molecule has 0 aliphatic rings. The van der Waals surface area contributed by atoms with Crippen molar-refractivity contribution in [3.8, 4) is 5.75 Å². The molecule has 0 aliphatic heterocycles. The molecule has 25 heavy (non-hydrogen) atoms. The highest BCUT2D eigenvalue weighted by Crippen LogP contribution is 2.30. The third-order valence-corrected chi connectivity index (χ3v) is 6.67. The molecule has 2 aromatic rings. The van der Waals surface area contributed by atoms with E-state index in [-0.39, 0.29) is 0 Å². The standard InChI is InChI=1S/C22H31NOS/c1-5-22(6-2,25-4)17-23-18(3)20-12-14-21(15-13-20)24-16-19-10-8-7-9-11-19/h7-15,18,23H,5-6,16-17H2,1-4H3. The first kappa shape index (κ1) is 19.9. The summed E-state index contributed by atoms with van der Waals surface area (Å²) in [6, 6.07) is 19.1. The molecule has 2 nitrogen and oxygen atoms in total. The van der Waals surface area contributed by atoms with Crippen LogP contribution in [0.5, 0.6) is 5.75 Å². The molecule has 0 bridgehead atoms. The van der Waals surface area contributed by atoms with Gasteiger partial charge in [0.05, 0.1) is 0 Å². The highest BCUT2D eigenvalue weighted by molar-refractivity contribution is 8.00. The third kappa shape index (κ3) is 5.79. The Morgan fingerprint density at radius 3 is 2.20 bits per heavy atom. The van der Waals surface area contributed by atoms with Crippen LogP contribution in [0.2, 0.25) is 0 Å². The molecule has 0 fully saturated rings. The number of rotatable bonds is 10. The van der Waals surface area contributed by atoms with E-state index in [9.17, 15) is 0 Å². The Balaban J connectivity index is 1.88. The molecule has 0 saturated heterocycles. The van der Waals surface area contributed by atoms with Crippen molar-refractivity contribution in [3.63, 3.8) is 0 Å². The summed E-state index contributed by atoms with van der Waals surface area (Å²) < 4.78 is 6.21. The maximum absolute atomic E-state index is 5.87. The molecule has 0 aromatic heterocycles. The predicted octanol–water partition coefficient (Wildman–Crippen LogP) is 5.84. The minimum atomic E-state index is 0.340. The summed E-state index contributed by atoms with van der Waals surface area (Å²) in [5.41, 5.74) is 2.49. The normalized spacial score (nSPS) is 12.8. The van der Waals surface area contributed by atoms with Crippen LogP contribution in [0, 0.1) is 0 Å². The minimum absolute atomic E-state index is 0.340. The molecule has 3 heteroatoms. The SMILES string of the molecule is CCC(CC)(CNC(C)c1ccc(OCc2ccccc2)cc1)SC. The van der Waals surface area contributed by atoms with Crippen LogP contribution in [-0.4, -0.2) is 17.5 Å². The summed E-state index contributed by atoms with van der Waals surface area (Å²) in [6.07, 6.45) is 4.60. The number of ether oxygens (including phenoxy) is 1. The van der Waals surface area contributed by atoms with Crippen molar-refractivity contribution in [2.45, 2.75) is 51.0 Å². The van der Waals surface area contributed by atoms with Gasteiger partial charge >= 0.3 is 0 Å². The molecule has 0 amide bonds. The van der Waals surface area contributed by atoms with Gasteiger partial charge in [0, 0.05) is 17.3 Å². The first-order valence-corrected chi connectivity index (χ1v) is 10.4. The molecule has 2 aromatic carbocycles. The van der Waals surface area contributed by atoms with E-state index in [1.807, 2.05) is 30.0 Å². The first-order chi connectivity index (χ1) is 12.1. The first-order valence-electron chi connectivity index (χ1n) is 9.17. The van der Waals surface area contributed by atoms with Gasteiger partial charge in [-0.2, -0.15) is 11.8 Å². The van der Waals surface area contributed by atoms with Gasteiger partial charge in [0.1, 0.15) is 12.4 Å². The van der Waals surface area contributed by atoms with Gasteiger partial charge in [-0.1, -0.05) is 56.3 Å². The zero-order valence-electron chi connectivity index (χ0n) is 15.9. The summed E-state index contributed by atoms with van der Waals surface area (Å²) >= 11 is 1.98. The highest BCUT2D eigenvalue weighted by atomic mass is 32.2. The zero-order chi connectivity index (χ0) is 18.1. The van der Waals surface area contributed by atoms with E-state index in [1.165, 1.54) is 24.0 Å². The number of hydrogen-bond donors (Lipinski definition) is 1. The van der Waals surface area contributed by atoms with E-state index in [2.05, 4.69) is 68.7 Å². The second-order valence-corrected chi connectivity index (χ2v) is 7.81. The molecular formula is C22H31NOS. The Morgan fingerprint density at radius 1 is 1.00 bits per heavy atom. The quantitative estimate of drug-likeness (QED) is 0.577. The Morgan fingerprint density at radius 2 is 1.64 bits per heavy atom. The molecule has 0 saturated carbocycles. The lowest BCUT2D eigenvalue weighted by Crippen LogP contribution is -2.37. The smallest absolute Gasteiger partial charge is 0.119 e. The molecule has 0 radical (unpaired) electrons. The van der Waals surface area contributed by atoms with Crippen LogP contribution in [0.1, 0.15) is 50.8 Å². The molecular weight excluding hydrogens is 326 g/mol. The maximum atomic E-state index is 5.87. The van der Waals surface area contributed by atoms with Gasteiger partial charge in [-0.15, -0.1) is 0 Å². The van der Waals surface area contributed by atoms with Crippen molar-refractivity contribution in [3.05, 3.63) is 65.7 Å². The van der Waals surface area contributed by atoms with Crippen LogP contribution >= 0.6 is 11.8 Å². The van der Waals surface area contributed by atoms with Crippen LogP contribution in [-0.2, 0) is 6.61 Å². The van der Waals surface area contributed by atoms with E-state index < -0.39 is 0 Å².